The van der Waals surface area contributed by atoms with E-state index in [2.05, 4.69) is 73.9 Å². The lowest BCUT2D eigenvalue weighted by Crippen LogP contribution is -2.20. The SMILES string of the molecule is C=C/C(=C\C(=C/C)c1ccc2[nH]nc(-c3nc4c(-c5cc(F)cc(CCCN6CCCC6)c5)nccc4[nH]3)c2c1)NC(=C)C1CCCCC1. The van der Waals surface area contributed by atoms with Gasteiger partial charge in [0.25, 0.3) is 0 Å². The van der Waals surface area contributed by atoms with Gasteiger partial charge in [-0.25, -0.2) is 9.37 Å². The Labute approximate surface area is 288 Å². The van der Waals surface area contributed by atoms with E-state index in [4.69, 9.17) is 4.98 Å². The van der Waals surface area contributed by atoms with Gasteiger partial charge in [-0.1, -0.05) is 44.6 Å². The Hall–Kier alpha value is -4.82. The molecule has 1 aliphatic heterocycles. The number of halogens is 1. The van der Waals surface area contributed by atoms with Crippen LogP contribution in [0.25, 0.3) is 50.3 Å². The summed E-state index contributed by atoms with van der Waals surface area (Å²) in [6.45, 7) is 13.9. The summed E-state index contributed by atoms with van der Waals surface area (Å²) in [7, 11) is 0. The average molecular weight is 656 g/mol. The Bertz CT molecular complexity index is 2040. The third-order valence-electron chi connectivity index (χ3n) is 10.1. The first-order chi connectivity index (χ1) is 24.0. The van der Waals surface area contributed by atoms with Gasteiger partial charge in [-0.05, 0) is 136 Å². The van der Waals surface area contributed by atoms with Gasteiger partial charge in [-0.2, -0.15) is 5.10 Å². The van der Waals surface area contributed by atoms with Crippen molar-refractivity contribution in [2.45, 2.75) is 64.7 Å². The number of rotatable bonds is 12. The number of pyridine rings is 1. The van der Waals surface area contributed by atoms with Crippen molar-refractivity contribution in [1.29, 1.82) is 0 Å². The zero-order valence-electron chi connectivity index (χ0n) is 28.5. The van der Waals surface area contributed by atoms with Crippen LogP contribution in [-0.4, -0.2) is 49.7 Å². The monoisotopic (exact) mass is 655 g/mol. The molecule has 0 spiro atoms. The van der Waals surface area contributed by atoms with Crippen LogP contribution in [-0.2, 0) is 6.42 Å². The topological polar surface area (TPSA) is 85.5 Å². The van der Waals surface area contributed by atoms with Crippen LogP contribution in [0.1, 0.15) is 69.4 Å². The Morgan fingerprint density at radius 1 is 1.02 bits per heavy atom. The molecule has 8 heteroatoms. The third-order valence-corrected chi connectivity index (χ3v) is 10.1. The van der Waals surface area contributed by atoms with Crippen LogP contribution in [0.3, 0.4) is 0 Å². The highest BCUT2D eigenvalue weighted by Crippen LogP contribution is 2.33. The van der Waals surface area contributed by atoms with E-state index >= 15 is 0 Å². The molecular formula is C41H46FN7. The number of benzene rings is 2. The highest BCUT2D eigenvalue weighted by atomic mass is 19.1. The van der Waals surface area contributed by atoms with E-state index in [9.17, 15) is 4.39 Å². The number of H-pyrrole nitrogens is 2. The van der Waals surface area contributed by atoms with Crippen molar-refractivity contribution in [3.8, 4) is 22.8 Å². The van der Waals surface area contributed by atoms with E-state index in [1.165, 1.54) is 58.0 Å². The van der Waals surface area contributed by atoms with Crippen LogP contribution in [0, 0.1) is 11.7 Å². The van der Waals surface area contributed by atoms with Gasteiger partial charge in [0.2, 0.25) is 0 Å². The Balaban J connectivity index is 1.16. The summed E-state index contributed by atoms with van der Waals surface area (Å²) in [5.41, 5.74) is 9.62. The number of fused-ring (bicyclic) bond motifs is 2. The summed E-state index contributed by atoms with van der Waals surface area (Å²) < 4.78 is 14.9. The van der Waals surface area contributed by atoms with Gasteiger partial charge >= 0.3 is 0 Å². The smallest absolute Gasteiger partial charge is 0.159 e. The number of imidazole rings is 1. The summed E-state index contributed by atoms with van der Waals surface area (Å²) in [6, 6.07) is 13.5. The van der Waals surface area contributed by atoms with Crippen molar-refractivity contribution < 1.29 is 4.39 Å². The maximum Gasteiger partial charge on any atom is 0.159 e. The number of nitrogens with zero attached hydrogens (tertiary/aromatic N) is 4. The minimum atomic E-state index is -0.254. The second-order valence-corrected chi connectivity index (χ2v) is 13.5. The standard InChI is InChI=1S/C41H46FN7/c1-4-29(25-34(5-2)44-27(3)30-13-7-6-8-14-30)31-15-16-36-35(26-31)39(48-47-36)41-45-37-17-18-43-38(40(37)46-41)32-22-28(23-33(42)24-32)12-11-21-49-19-9-10-20-49/h4-5,15-18,22-26,30,44H,2-3,6-14,19-21H2,1H3,(H,45,46)(H,47,48)/b29-4+,34-25+. The van der Waals surface area contributed by atoms with Crippen molar-refractivity contribution in [3.63, 3.8) is 0 Å². The van der Waals surface area contributed by atoms with Crippen LogP contribution < -0.4 is 5.32 Å². The normalized spacial score (nSPS) is 16.5. The molecule has 0 amide bonds. The first-order valence-corrected chi connectivity index (χ1v) is 17.8. The zero-order valence-corrected chi connectivity index (χ0v) is 28.5. The van der Waals surface area contributed by atoms with E-state index < -0.39 is 0 Å². The lowest BCUT2D eigenvalue weighted by atomic mass is 9.87. The van der Waals surface area contributed by atoms with Crippen molar-refractivity contribution >= 4 is 27.5 Å². The minimum absolute atomic E-state index is 0.254. The minimum Gasteiger partial charge on any atom is -0.359 e. The van der Waals surface area contributed by atoms with Gasteiger partial charge in [-0.3, -0.25) is 10.1 Å². The summed E-state index contributed by atoms with van der Waals surface area (Å²) in [5, 5.41) is 12.3. The molecule has 2 fully saturated rings. The lowest BCUT2D eigenvalue weighted by molar-refractivity contribution is 0.334. The number of likely N-dealkylation sites (tertiary alicyclic amines) is 1. The maximum absolute atomic E-state index is 14.9. The van der Waals surface area contributed by atoms with Crippen LogP contribution in [0.2, 0.25) is 0 Å². The average Bonchev–Trinajstić information content (AvgIpc) is 3.90. The highest BCUT2D eigenvalue weighted by molar-refractivity contribution is 5.97. The third kappa shape index (κ3) is 7.30. The molecule has 3 N–H and O–H groups in total. The van der Waals surface area contributed by atoms with Crippen LogP contribution in [0.4, 0.5) is 4.39 Å². The second kappa shape index (κ2) is 14.7. The molecule has 7 rings (SSSR count). The Kier molecular flexibility index (Phi) is 9.84. The highest BCUT2D eigenvalue weighted by Gasteiger charge is 2.19. The largest absolute Gasteiger partial charge is 0.359 e. The van der Waals surface area contributed by atoms with Gasteiger partial charge in [0.05, 0.1) is 16.7 Å². The predicted molar refractivity (Wildman–Crippen MR) is 199 cm³/mol. The molecule has 1 saturated heterocycles. The van der Waals surface area contributed by atoms with Gasteiger partial charge < -0.3 is 15.2 Å². The van der Waals surface area contributed by atoms with Crippen LogP contribution in [0.15, 0.2) is 91.4 Å². The van der Waals surface area contributed by atoms with Crippen molar-refractivity contribution in [3.05, 3.63) is 108 Å². The molecule has 0 radical (unpaired) electrons. The van der Waals surface area contributed by atoms with E-state index in [-0.39, 0.29) is 5.82 Å². The predicted octanol–water partition coefficient (Wildman–Crippen LogP) is 9.49. The molecule has 2 aliphatic rings. The number of hydrogen-bond donors (Lipinski definition) is 3. The van der Waals surface area contributed by atoms with Crippen molar-refractivity contribution in [2.75, 3.05) is 19.6 Å². The quantitative estimate of drug-likeness (QED) is 0.117. The molecule has 5 aromatic rings. The van der Waals surface area contributed by atoms with Crippen LogP contribution in [0.5, 0.6) is 0 Å². The molecule has 1 saturated carbocycles. The summed E-state index contributed by atoms with van der Waals surface area (Å²) in [6.07, 6.45) is 18.4. The van der Waals surface area contributed by atoms with Crippen molar-refractivity contribution in [1.82, 2.24) is 35.4 Å². The molecule has 0 atom stereocenters. The maximum atomic E-state index is 14.9. The number of aromatic nitrogens is 5. The lowest BCUT2D eigenvalue weighted by Gasteiger charge is -2.25. The second-order valence-electron chi connectivity index (χ2n) is 13.5. The summed E-state index contributed by atoms with van der Waals surface area (Å²) in [4.78, 5) is 15.6. The molecule has 252 valence electrons. The summed E-state index contributed by atoms with van der Waals surface area (Å²) in [5.74, 6) is 0.879. The number of nitrogens with one attached hydrogen (secondary N) is 3. The molecule has 1 aliphatic carbocycles. The number of aromatic amines is 2. The fourth-order valence-corrected chi connectivity index (χ4v) is 7.46. The van der Waals surface area contributed by atoms with Gasteiger partial charge in [0, 0.05) is 28.5 Å². The van der Waals surface area contributed by atoms with E-state index in [1.54, 1.807) is 18.3 Å². The molecule has 49 heavy (non-hydrogen) atoms. The fourth-order valence-electron chi connectivity index (χ4n) is 7.46. The van der Waals surface area contributed by atoms with Gasteiger partial charge in [-0.15, -0.1) is 0 Å². The number of allylic oxidation sites excluding steroid dienone is 5. The molecule has 4 heterocycles. The van der Waals surface area contributed by atoms with Gasteiger partial charge in [0.15, 0.2) is 5.82 Å². The van der Waals surface area contributed by atoms with E-state index in [1.807, 2.05) is 25.1 Å². The van der Waals surface area contributed by atoms with E-state index in [0.29, 0.717) is 28.6 Å². The van der Waals surface area contributed by atoms with Crippen LogP contribution >= 0.6 is 0 Å². The first-order valence-electron chi connectivity index (χ1n) is 17.8. The number of hydrogen-bond acceptors (Lipinski definition) is 5. The molecule has 7 nitrogen and oxygen atoms in total. The van der Waals surface area contributed by atoms with Crippen molar-refractivity contribution in [2.24, 2.45) is 5.92 Å². The Morgan fingerprint density at radius 3 is 2.65 bits per heavy atom. The summed E-state index contributed by atoms with van der Waals surface area (Å²) >= 11 is 0. The fraction of sp³-hybridized carbons (Fsp3) is 0.341. The Morgan fingerprint density at radius 2 is 1.86 bits per heavy atom. The molecule has 2 aromatic carbocycles. The molecule has 0 unspecified atom stereocenters. The first kappa shape index (κ1) is 32.7. The van der Waals surface area contributed by atoms with E-state index in [0.717, 1.165) is 69.5 Å². The molecule has 0 bridgehead atoms. The van der Waals surface area contributed by atoms with Gasteiger partial charge in [0.1, 0.15) is 17.0 Å². The number of aryl methyl sites for hydroxylation is 1. The molecule has 3 aromatic heterocycles. The molecular weight excluding hydrogens is 609 g/mol. The zero-order chi connectivity index (χ0) is 33.7.